The summed E-state index contributed by atoms with van der Waals surface area (Å²) in [7, 11) is 1.71. The van der Waals surface area contributed by atoms with Crippen LogP contribution >= 0.6 is 27.3 Å². The van der Waals surface area contributed by atoms with E-state index in [0.717, 1.165) is 12.3 Å². The number of thiophene rings is 1. The Kier molecular flexibility index (Phi) is 4.80. The van der Waals surface area contributed by atoms with E-state index in [0.29, 0.717) is 0 Å². The van der Waals surface area contributed by atoms with Gasteiger partial charge >= 0.3 is 0 Å². The van der Waals surface area contributed by atoms with Crippen molar-refractivity contribution in [2.24, 2.45) is 0 Å². The molecule has 1 aromatic carbocycles. The van der Waals surface area contributed by atoms with Crippen molar-refractivity contribution in [1.82, 2.24) is 5.32 Å². The van der Waals surface area contributed by atoms with Crippen molar-refractivity contribution in [2.75, 3.05) is 7.11 Å². The molecular formula is C14H16BrNOS. The molecule has 4 heteroatoms. The molecule has 0 spiro atoms. The van der Waals surface area contributed by atoms with Crippen LogP contribution in [0.4, 0.5) is 0 Å². The molecule has 0 bridgehead atoms. The number of nitrogens with one attached hydrogen (secondary N) is 1. The van der Waals surface area contributed by atoms with Gasteiger partial charge in [-0.3, -0.25) is 0 Å². The Labute approximate surface area is 120 Å². The number of hydrogen-bond acceptors (Lipinski definition) is 3. The van der Waals surface area contributed by atoms with E-state index in [1.165, 1.54) is 14.9 Å². The van der Waals surface area contributed by atoms with E-state index in [9.17, 15) is 0 Å². The fourth-order valence-corrected chi connectivity index (χ4v) is 3.27. The highest BCUT2D eigenvalue weighted by Crippen LogP contribution is 2.26. The highest BCUT2D eigenvalue weighted by Gasteiger charge is 2.11. The molecule has 1 N–H and O–H groups in total. The van der Waals surface area contributed by atoms with Crippen LogP contribution in [0.5, 0.6) is 5.75 Å². The summed E-state index contributed by atoms with van der Waals surface area (Å²) in [6.07, 6.45) is 0. The molecule has 0 aliphatic heterocycles. The number of methoxy groups -OCH3 is 1. The van der Waals surface area contributed by atoms with Gasteiger partial charge in [0.15, 0.2) is 0 Å². The average molecular weight is 326 g/mol. The maximum atomic E-state index is 5.38. The summed E-state index contributed by atoms with van der Waals surface area (Å²) in [5, 5.41) is 5.61. The summed E-state index contributed by atoms with van der Waals surface area (Å²) in [6.45, 7) is 3.01. The molecule has 2 nitrogen and oxygen atoms in total. The monoisotopic (exact) mass is 325 g/mol. The van der Waals surface area contributed by atoms with Gasteiger partial charge in [0.25, 0.3) is 0 Å². The molecule has 0 aliphatic rings. The van der Waals surface area contributed by atoms with Gasteiger partial charge in [0.1, 0.15) is 5.75 Å². The summed E-state index contributed by atoms with van der Waals surface area (Å²) < 4.78 is 6.55. The number of rotatable bonds is 5. The van der Waals surface area contributed by atoms with Crippen molar-refractivity contribution in [3.63, 3.8) is 0 Å². The number of para-hydroxylation sites is 1. The molecule has 0 unspecified atom stereocenters. The van der Waals surface area contributed by atoms with Crippen molar-refractivity contribution < 1.29 is 4.74 Å². The largest absolute Gasteiger partial charge is 0.496 e. The van der Waals surface area contributed by atoms with E-state index >= 15 is 0 Å². The lowest BCUT2D eigenvalue weighted by Crippen LogP contribution is -2.18. The molecule has 0 radical (unpaired) electrons. The highest BCUT2D eigenvalue weighted by molar-refractivity contribution is 9.10. The van der Waals surface area contributed by atoms with E-state index in [1.54, 1.807) is 18.4 Å². The van der Waals surface area contributed by atoms with E-state index < -0.39 is 0 Å². The summed E-state index contributed by atoms with van der Waals surface area (Å²) in [5.74, 6) is 0.933. The Morgan fingerprint density at radius 1 is 1.33 bits per heavy atom. The second-order valence-electron chi connectivity index (χ2n) is 4.04. The number of hydrogen-bond donors (Lipinski definition) is 1. The van der Waals surface area contributed by atoms with Crippen LogP contribution in [0.15, 0.2) is 40.2 Å². The lowest BCUT2D eigenvalue weighted by Gasteiger charge is -2.16. The molecule has 2 rings (SSSR count). The van der Waals surface area contributed by atoms with E-state index in [-0.39, 0.29) is 6.04 Å². The molecule has 1 atom stereocenters. The smallest absolute Gasteiger partial charge is 0.123 e. The van der Waals surface area contributed by atoms with Gasteiger partial charge in [-0.1, -0.05) is 18.2 Å². The molecule has 0 amide bonds. The third kappa shape index (κ3) is 3.13. The first-order chi connectivity index (χ1) is 8.72. The highest BCUT2D eigenvalue weighted by atomic mass is 79.9. The van der Waals surface area contributed by atoms with Gasteiger partial charge in [0.2, 0.25) is 0 Å². The van der Waals surface area contributed by atoms with Crippen LogP contribution in [0.1, 0.15) is 23.4 Å². The maximum absolute atomic E-state index is 5.38. The zero-order valence-electron chi connectivity index (χ0n) is 10.4. The number of halogens is 1. The van der Waals surface area contributed by atoms with Gasteiger partial charge in [-0.15, -0.1) is 11.3 Å². The molecule has 0 aliphatic carbocycles. The van der Waals surface area contributed by atoms with Crippen molar-refractivity contribution in [2.45, 2.75) is 19.5 Å². The van der Waals surface area contributed by atoms with Crippen molar-refractivity contribution >= 4 is 27.3 Å². The molecule has 0 fully saturated rings. The van der Waals surface area contributed by atoms with E-state index in [4.69, 9.17) is 4.74 Å². The van der Waals surface area contributed by atoms with Gasteiger partial charge in [-0.2, -0.15) is 0 Å². The Balaban J connectivity index is 2.03. The van der Waals surface area contributed by atoms with Crippen LogP contribution in [0, 0.1) is 0 Å². The van der Waals surface area contributed by atoms with Crippen LogP contribution in [0.2, 0.25) is 0 Å². The average Bonchev–Trinajstić information content (AvgIpc) is 2.81. The number of ether oxygens (including phenoxy) is 1. The summed E-state index contributed by atoms with van der Waals surface area (Å²) in [4.78, 5) is 1.32. The van der Waals surface area contributed by atoms with Gasteiger partial charge in [0.05, 0.1) is 7.11 Å². The van der Waals surface area contributed by atoms with Crippen LogP contribution in [0.25, 0.3) is 0 Å². The topological polar surface area (TPSA) is 21.3 Å². The molecule has 1 heterocycles. The van der Waals surface area contributed by atoms with Crippen LogP contribution in [-0.2, 0) is 6.54 Å². The van der Waals surface area contributed by atoms with Crippen molar-refractivity contribution in [1.29, 1.82) is 0 Å². The number of benzene rings is 1. The molecule has 2 aromatic rings. The molecule has 0 saturated carbocycles. The minimum absolute atomic E-state index is 0.259. The third-order valence-corrected chi connectivity index (χ3v) is 4.79. The first kappa shape index (κ1) is 13.6. The normalized spacial score (nSPS) is 12.4. The van der Waals surface area contributed by atoms with Crippen LogP contribution < -0.4 is 10.1 Å². The molecule has 18 heavy (non-hydrogen) atoms. The molecule has 96 valence electrons. The fourth-order valence-electron chi connectivity index (χ4n) is 1.83. The Morgan fingerprint density at radius 2 is 2.11 bits per heavy atom. The first-order valence-electron chi connectivity index (χ1n) is 5.80. The zero-order chi connectivity index (χ0) is 13.0. The SMILES string of the molecule is COc1ccccc1[C@@H](C)NCc1sccc1Br. The summed E-state index contributed by atoms with van der Waals surface area (Å²) in [5.41, 5.74) is 1.19. The van der Waals surface area contributed by atoms with Gasteiger partial charge in [-0.25, -0.2) is 0 Å². The van der Waals surface area contributed by atoms with Gasteiger partial charge in [-0.05, 0) is 40.4 Å². The lowest BCUT2D eigenvalue weighted by molar-refractivity contribution is 0.401. The van der Waals surface area contributed by atoms with Crippen molar-refractivity contribution in [3.05, 3.63) is 50.6 Å². The molecular weight excluding hydrogens is 310 g/mol. The van der Waals surface area contributed by atoms with E-state index in [2.05, 4.69) is 45.7 Å². The predicted octanol–water partition coefficient (Wildman–Crippen LogP) is 4.37. The Hall–Kier alpha value is -0.840. The maximum Gasteiger partial charge on any atom is 0.123 e. The van der Waals surface area contributed by atoms with Crippen LogP contribution in [0.3, 0.4) is 0 Å². The standard InChI is InChI=1S/C14H16BrNOS/c1-10(11-5-3-4-6-13(11)17-2)16-9-14-12(15)7-8-18-14/h3-8,10,16H,9H2,1-2H3/t10-/m1/s1. The first-order valence-corrected chi connectivity index (χ1v) is 7.47. The Morgan fingerprint density at radius 3 is 2.78 bits per heavy atom. The predicted molar refractivity (Wildman–Crippen MR) is 80.3 cm³/mol. The minimum atomic E-state index is 0.259. The zero-order valence-corrected chi connectivity index (χ0v) is 12.8. The third-order valence-electron chi connectivity index (χ3n) is 2.87. The van der Waals surface area contributed by atoms with Crippen molar-refractivity contribution in [3.8, 4) is 5.75 Å². The lowest BCUT2D eigenvalue weighted by atomic mass is 10.1. The van der Waals surface area contributed by atoms with Gasteiger partial charge in [0, 0.05) is 27.5 Å². The molecule has 0 saturated heterocycles. The van der Waals surface area contributed by atoms with Gasteiger partial charge < -0.3 is 10.1 Å². The fraction of sp³-hybridized carbons (Fsp3) is 0.286. The summed E-state index contributed by atoms with van der Waals surface area (Å²) >= 11 is 5.30. The quantitative estimate of drug-likeness (QED) is 0.881. The second kappa shape index (κ2) is 6.36. The molecule has 1 aromatic heterocycles. The van der Waals surface area contributed by atoms with Crippen LogP contribution in [-0.4, -0.2) is 7.11 Å². The summed E-state index contributed by atoms with van der Waals surface area (Å²) in [6, 6.07) is 10.5. The minimum Gasteiger partial charge on any atom is -0.496 e. The Bertz CT molecular complexity index is 512. The van der Waals surface area contributed by atoms with E-state index in [1.807, 2.05) is 18.2 Å². The second-order valence-corrected chi connectivity index (χ2v) is 5.89.